The van der Waals surface area contributed by atoms with Crippen LogP contribution in [0.2, 0.25) is 0 Å². The molecule has 1 aliphatic rings. The van der Waals surface area contributed by atoms with Crippen LogP contribution in [0.25, 0.3) is 11.1 Å². The first-order chi connectivity index (χ1) is 14.8. The Morgan fingerprint density at radius 3 is 2.48 bits per heavy atom. The predicted octanol–water partition coefficient (Wildman–Crippen LogP) is 4.16. The molecule has 1 amide bonds. The third-order valence-electron chi connectivity index (χ3n) is 5.38. The molecule has 0 spiro atoms. The minimum absolute atomic E-state index is 0.0863. The molecule has 1 aromatic carbocycles. The van der Waals surface area contributed by atoms with Crippen molar-refractivity contribution in [3.05, 3.63) is 71.8 Å². The highest BCUT2D eigenvalue weighted by Gasteiger charge is 2.31. The number of carbonyl (C=O) groups is 1. The van der Waals surface area contributed by atoms with Gasteiger partial charge in [-0.1, -0.05) is 12.1 Å². The monoisotopic (exact) mass is 427 g/mol. The lowest BCUT2D eigenvalue weighted by Gasteiger charge is -2.33. The molecule has 0 unspecified atom stereocenters. The van der Waals surface area contributed by atoms with E-state index in [4.69, 9.17) is 5.73 Å². The molecule has 3 heterocycles. The second-order valence-electron chi connectivity index (χ2n) is 7.43. The number of nitrogen functional groups attached to an aromatic ring is 1. The highest BCUT2D eigenvalue weighted by Crippen LogP contribution is 2.35. The van der Waals surface area contributed by atoms with Crippen molar-refractivity contribution in [3.63, 3.8) is 0 Å². The third-order valence-corrected chi connectivity index (χ3v) is 5.38. The summed E-state index contributed by atoms with van der Waals surface area (Å²) in [7, 11) is 0. The number of benzene rings is 1. The third kappa shape index (κ3) is 4.50. The Labute approximate surface area is 177 Å². The summed E-state index contributed by atoms with van der Waals surface area (Å²) >= 11 is 0. The summed E-state index contributed by atoms with van der Waals surface area (Å²) in [5.74, 6) is -0.115. The molecule has 3 aromatic rings. The number of carbonyl (C=O) groups excluding carboxylic acids is 1. The molecule has 1 atom stereocenters. The standard InChI is InChI=1S/C22H20F3N5O/c23-22(24,25)17-5-3-14(4-6-17)18-12-28-21(26)29-19(18)16-2-1-11-30(13-16)20(31)15-7-9-27-10-8-15/h3-10,12,16H,1-2,11,13H2,(H2,26,28,29)/t16-/m0/s1. The molecule has 2 N–H and O–H groups in total. The summed E-state index contributed by atoms with van der Waals surface area (Å²) in [6.45, 7) is 1.05. The normalized spacial score (nSPS) is 16.9. The lowest BCUT2D eigenvalue weighted by molar-refractivity contribution is -0.137. The molecule has 0 bridgehead atoms. The number of halogens is 3. The summed E-state index contributed by atoms with van der Waals surface area (Å²) in [4.78, 5) is 27.0. The maximum Gasteiger partial charge on any atom is 0.416 e. The summed E-state index contributed by atoms with van der Waals surface area (Å²) < 4.78 is 38.8. The number of nitrogens with zero attached hydrogens (tertiary/aromatic N) is 4. The minimum atomic E-state index is -4.41. The zero-order valence-corrected chi connectivity index (χ0v) is 16.5. The SMILES string of the molecule is Nc1ncc(-c2ccc(C(F)(F)F)cc2)c([C@H]2CCCN(C(=O)c3ccncc3)C2)n1. The molecule has 160 valence electrons. The van der Waals surface area contributed by atoms with Gasteiger partial charge in [-0.25, -0.2) is 9.97 Å². The predicted molar refractivity (Wildman–Crippen MR) is 109 cm³/mol. The topological polar surface area (TPSA) is 85.0 Å². The lowest BCUT2D eigenvalue weighted by atomic mass is 9.89. The molecule has 2 aromatic heterocycles. The molecule has 0 aliphatic carbocycles. The van der Waals surface area contributed by atoms with Crippen LogP contribution in [0.3, 0.4) is 0 Å². The van der Waals surface area contributed by atoms with Crippen LogP contribution in [0, 0.1) is 0 Å². The van der Waals surface area contributed by atoms with Crippen molar-refractivity contribution < 1.29 is 18.0 Å². The van der Waals surface area contributed by atoms with E-state index >= 15 is 0 Å². The highest BCUT2D eigenvalue weighted by molar-refractivity contribution is 5.94. The van der Waals surface area contributed by atoms with Gasteiger partial charge in [0.05, 0.1) is 11.3 Å². The number of hydrogen-bond acceptors (Lipinski definition) is 5. The van der Waals surface area contributed by atoms with Crippen LogP contribution in [0.1, 0.15) is 40.4 Å². The largest absolute Gasteiger partial charge is 0.416 e. The van der Waals surface area contributed by atoms with Crippen LogP contribution in [-0.2, 0) is 6.18 Å². The number of pyridine rings is 1. The minimum Gasteiger partial charge on any atom is -0.368 e. The maximum atomic E-state index is 12.9. The molecular weight excluding hydrogens is 407 g/mol. The van der Waals surface area contributed by atoms with E-state index in [2.05, 4.69) is 15.0 Å². The van der Waals surface area contributed by atoms with E-state index in [0.717, 1.165) is 25.0 Å². The fraction of sp³-hybridized carbons (Fsp3) is 0.273. The van der Waals surface area contributed by atoms with Gasteiger partial charge in [0, 0.05) is 48.7 Å². The summed E-state index contributed by atoms with van der Waals surface area (Å²) in [5, 5.41) is 0. The summed E-state index contributed by atoms with van der Waals surface area (Å²) in [5.41, 5.74) is 7.48. The van der Waals surface area contributed by atoms with Crippen LogP contribution in [0.4, 0.5) is 19.1 Å². The summed E-state index contributed by atoms with van der Waals surface area (Å²) in [6, 6.07) is 8.23. The first-order valence-electron chi connectivity index (χ1n) is 9.82. The van der Waals surface area contributed by atoms with Crippen molar-refractivity contribution in [1.82, 2.24) is 19.9 Å². The smallest absolute Gasteiger partial charge is 0.368 e. The number of alkyl halides is 3. The number of amides is 1. The Balaban J connectivity index is 1.63. The molecule has 6 nitrogen and oxygen atoms in total. The van der Waals surface area contributed by atoms with Crippen LogP contribution >= 0.6 is 0 Å². The Morgan fingerprint density at radius 1 is 1.10 bits per heavy atom. The molecule has 1 aliphatic heterocycles. The zero-order valence-electron chi connectivity index (χ0n) is 16.5. The molecule has 9 heteroatoms. The fourth-order valence-corrected chi connectivity index (χ4v) is 3.84. The Hall–Kier alpha value is -3.49. The van der Waals surface area contributed by atoms with E-state index in [1.54, 1.807) is 29.4 Å². The van der Waals surface area contributed by atoms with Crippen molar-refractivity contribution in [2.45, 2.75) is 24.9 Å². The van der Waals surface area contributed by atoms with E-state index in [1.165, 1.54) is 18.3 Å². The van der Waals surface area contributed by atoms with Gasteiger partial charge in [0.2, 0.25) is 5.95 Å². The van der Waals surface area contributed by atoms with Crippen LogP contribution in [0.5, 0.6) is 0 Å². The Bertz CT molecular complexity index is 1070. The van der Waals surface area contributed by atoms with Crippen LogP contribution < -0.4 is 5.73 Å². The number of nitrogens with two attached hydrogens (primary N) is 1. The van der Waals surface area contributed by atoms with Gasteiger partial charge in [-0.15, -0.1) is 0 Å². The number of piperidine rings is 1. The first-order valence-corrected chi connectivity index (χ1v) is 9.82. The maximum absolute atomic E-state index is 12.9. The number of anilines is 1. The average molecular weight is 427 g/mol. The van der Waals surface area contributed by atoms with Crippen molar-refractivity contribution >= 4 is 11.9 Å². The average Bonchev–Trinajstić information content (AvgIpc) is 2.79. The van der Waals surface area contributed by atoms with Crippen LogP contribution in [-0.4, -0.2) is 38.8 Å². The molecule has 31 heavy (non-hydrogen) atoms. The van der Waals surface area contributed by atoms with E-state index in [1.807, 2.05) is 0 Å². The first kappa shape index (κ1) is 20.8. The summed E-state index contributed by atoms with van der Waals surface area (Å²) in [6.07, 6.45) is 1.83. The molecule has 1 fully saturated rings. The van der Waals surface area contributed by atoms with Gasteiger partial charge < -0.3 is 10.6 Å². The van der Waals surface area contributed by atoms with Gasteiger partial charge in [0.1, 0.15) is 0 Å². The van der Waals surface area contributed by atoms with Crippen molar-refractivity contribution in [2.75, 3.05) is 18.8 Å². The number of likely N-dealkylation sites (tertiary alicyclic amines) is 1. The molecule has 1 saturated heterocycles. The molecule has 4 rings (SSSR count). The van der Waals surface area contributed by atoms with Gasteiger partial charge in [0.15, 0.2) is 0 Å². The lowest BCUT2D eigenvalue weighted by Crippen LogP contribution is -2.39. The van der Waals surface area contributed by atoms with Gasteiger partial charge in [0.25, 0.3) is 5.91 Å². The second-order valence-corrected chi connectivity index (χ2v) is 7.43. The van der Waals surface area contributed by atoms with E-state index < -0.39 is 11.7 Å². The van der Waals surface area contributed by atoms with Gasteiger partial charge in [-0.2, -0.15) is 13.2 Å². The molecule has 0 saturated carbocycles. The van der Waals surface area contributed by atoms with E-state index in [0.29, 0.717) is 35.5 Å². The Kier molecular flexibility index (Phi) is 5.58. The van der Waals surface area contributed by atoms with Crippen LogP contribution in [0.15, 0.2) is 55.0 Å². The van der Waals surface area contributed by atoms with Gasteiger partial charge in [-0.05, 0) is 42.7 Å². The number of rotatable bonds is 3. The van der Waals surface area contributed by atoms with Crippen molar-refractivity contribution in [2.24, 2.45) is 0 Å². The van der Waals surface area contributed by atoms with E-state index in [-0.39, 0.29) is 17.8 Å². The van der Waals surface area contributed by atoms with Gasteiger partial charge >= 0.3 is 6.18 Å². The number of hydrogen-bond donors (Lipinski definition) is 1. The Morgan fingerprint density at radius 2 is 1.81 bits per heavy atom. The molecular formula is C22H20F3N5O. The van der Waals surface area contributed by atoms with Crippen molar-refractivity contribution in [1.29, 1.82) is 0 Å². The number of aromatic nitrogens is 3. The van der Waals surface area contributed by atoms with Gasteiger partial charge in [-0.3, -0.25) is 9.78 Å². The highest BCUT2D eigenvalue weighted by atomic mass is 19.4. The zero-order chi connectivity index (χ0) is 22.0. The van der Waals surface area contributed by atoms with Crippen molar-refractivity contribution in [3.8, 4) is 11.1 Å². The molecule has 0 radical (unpaired) electrons. The quantitative estimate of drug-likeness (QED) is 0.679. The second kappa shape index (κ2) is 8.33. The fourth-order valence-electron chi connectivity index (χ4n) is 3.84. The van der Waals surface area contributed by atoms with E-state index in [9.17, 15) is 18.0 Å².